The Morgan fingerprint density at radius 3 is 2.43 bits per heavy atom. The molecule has 2 heterocycles. The minimum absolute atomic E-state index is 0.708. The van der Waals surface area contributed by atoms with E-state index in [2.05, 4.69) is 34.1 Å². The third-order valence-corrected chi connectivity index (χ3v) is 5.71. The number of aromatic nitrogens is 2. The van der Waals surface area contributed by atoms with Crippen molar-refractivity contribution in [3.05, 3.63) is 35.2 Å². The minimum atomic E-state index is 0.708. The van der Waals surface area contributed by atoms with E-state index in [1.807, 2.05) is 29.9 Å². The lowest BCUT2D eigenvalue weighted by molar-refractivity contribution is 0.176. The Kier molecular flexibility index (Phi) is 6.41. The van der Waals surface area contributed by atoms with Gasteiger partial charge in [-0.3, -0.25) is 9.58 Å². The van der Waals surface area contributed by atoms with Crippen LogP contribution in [0.5, 0.6) is 11.5 Å². The van der Waals surface area contributed by atoms with Crippen LogP contribution >= 0.6 is 12.2 Å². The van der Waals surface area contributed by atoms with E-state index in [0.717, 1.165) is 55.6 Å². The van der Waals surface area contributed by atoms with Crippen LogP contribution in [0.3, 0.4) is 0 Å². The fourth-order valence-electron chi connectivity index (χ4n) is 3.48. The number of anilines is 1. The van der Waals surface area contributed by atoms with Gasteiger partial charge in [0.15, 0.2) is 5.11 Å². The summed E-state index contributed by atoms with van der Waals surface area (Å²) in [7, 11) is 5.30. The Morgan fingerprint density at radius 2 is 1.86 bits per heavy atom. The maximum Gasteiger partial charge on any atom is 0.173 e. The molecule has 2 aromatic rings. The third kappa shape index (κ3) is 4.39. The molecule has 0 aliphatic carbocycles. The van der Waals surface area contributed by atoms with Crippen LogP contribution in [0.1, 0.15) is 17.0 Å². The fourth-order valence-corrected chi connectivity index (χ4v) is 3.78. The zero-order valence-corrected chi connectivity index (χ0v) is 18.1. The maximum absolute atomic E-state index is 5.64. The van der Waals surface area contributed by atoms with E-state index in [-0.39, 0.29) is 0 Å². The average Bonchev–Trinajstić information content (AvgIpc) is 2.94. The standard InChI is InChI=1S/C20H29N5O2S/c1-14-17(15(2)23(3)22-14)13-24-8-10-25(11-9-24)20(28)21-18-12-16(26-4)6-7-19(18)27-5/h6-7,12H,8-11,13H2,1-5H3,(H,21,28). The summed E-state index contributed by atoms with van der Waals surface area (Å²) in [6, 6.07) is 5.64. The predicted octanol–water partition coefficient (Wildman–Crippen LogP) is 2.57. The molecule has 1 aromatic carbocycles. The molecule has 0 amide bonds. The summed E-state index contributed by atoms with van der Waals surface area (Å²) in [4.78, 5) is 4.66. The molecule has 0 spiro atoms. The van der Waals surface area contributed by atoms with E-state index in [0.29, 0.717) is 5.11 Å². The lowest BCUT2D eigenvalue weighted by Crippen LogP contribution is -2.49. The molecule has 7 nitrogen and oxygen atoms in total. The van der Waals surface area contributed by atoms with E-state index in [9.17, 15) is 0 Å². The second-order valence-corrected chi connectivity index (χ2v) is 7.42. The molecule has 0 bridgehead atoms. The SMILES string of the molecule is COc1ccc(OC)c(NC(=S)N2CCN(Cc3c(C)nn(C)c3C)CC2)c1. The number of benzene rings is 1. The number of thiocarbonyl (C=S) groups is 1. The van der Waals surface area contributed by atoms with E-state index in [1.165, 1.54) is 11.3 Å². The van der Waals surface area contributed by atoms with Crippen LogP contribution in [-0.4, -0.2) is 65.1 Å². The number of rotatable bonds is 5. The molecule has 1 aliphatic heterocycles. The number of hydrogen-bond acceptors (Lipinski definition) is 5. The summed E-state index contributed by atoms with van der Waals surface area (Å²) in [6.45, 7) is 8.84. The first-order valence-electron chi connectivity index (χ1n) is 9.42. The van der Waals surface area contributed by atoms with Gasteiger partial charge < -0.3 is 19.7 Å². The van der Waals surface area contributed by atoms with Crippen molar-refractivity contribution in [2.45, 2.75) is 20.4 Å². The number of ether oxygens (including phenoxy) is 2. The van der Waals surface area contributed by atoms with Gasteiger partial charge in [0.25, 0.3) is 0 Å². The summed E-state index contributed by atoms with van der Waals surface area (Å²) >= 11 is 5.64. The summed E-state index contributed by atoms with van der Waals surface area (Å²) < 4.78 is 12.7. The van der Waals surface area contributed by atoms with Crippen molar-refractivity contribution in [1.29, 1.82) is 0 Å². The molecule has 1 saturated heterocycles. The molecular weight excluding hydrogens is 374 g/mol. The van der Waals surface area contributed by atoms with E-state index < -0.39 is 0 Å². The number of hydrogen-bond donors (Lipinski definition) is 1. The van der Waals surface area contributed by atoms with Crippen LogP contribution in [0.4, 0.5) is 5.69 Å². The highest BCUT2D eigenvalue weighted by Gasteiger charge is 2.22. The van der Waals surface area contributed by atoms with E-state index in [1.54, 1.807) is 14.2 Å². The zero-order chi connectivity index (χ0) is 20.3. The van der Waals surface area contributed by atoms with Gasteiger partial charge in [0.05, 0.1) is 25.6 Å². The van der Waals surface area contributed by atoms with E-state index in [4.69, 9.17) is 21.7 Å². The van der Waals surface area contributed by atoms with Crippen molar-refractivity contribution < 1.29 is 9.47 Å². The number of nitrogens with one attached hydrogen (secondary N) is 1. The number of nitrogens with zero attached hydrogens (tertiary/aromatic N) is 4. The van der Waals surface area contributed by atoms with Gasteiger partial charge >= 0.3 is 0 Å². The van der Waals surface area contributed by atoms with E-state index >= 15 is 0 Å². The van der Waals surface area contributed by atoms with Crippen molar-refractivity contribution in [3.63, 3.8) is 0 Å². The van der Waals surface area contributed by atoms with Crippen LogP contribution < -0.4 is 14.8 Å². The molecule has 0 atom stereocenters. The first kappa shape index (κ1) is 20.4. The van der Waals surface area contributed by atoms with Gasteiger partial charge in [-0.1, -0.05) is 0 Å². The largest absolute Gasteiger partial charge is 0.497 e. The van der Waals surface area contributed by atoms with Crippen LogP contribution in [-0.2, 0) is 13.6 Å². The Labute approximate surface area is 172 Å². The quantitative estimate of drug-likeness (QED) is 0.770. The molecular formula is C20H29N5O2S. The second-order valence-electron chi connectivity index (χ2n) is 7.03. The molecule has 1 fully saturated rings. The van der Waals surface area contributed by atoms with Crippen molar-refractivity contribution >= 4 is 23.0 Å². The van der Waals surface area contributed by atoms with Crippen molar-refractivity contribution in [2.75, 3.05) is 45.7 Å². The molecule has 28 heavy (non-hydrogen) atoms. The molecule has 8 heteroatoms. The van der Waals surface area contributed by atoms with Crippen LogP contribution in [0.15, 0.2) is 18.2 Å². The van der Waals surface area contributed by atoms with Crippen molar-refractivity contribution in [3.8, 4) is 11.5 Å². The highest BCUT2D eigenvalue weighted by atomic mass is 32.1. The fraction of sp³-hybridized carbons (Fsp3) is 0.500. The number of methoxy groups -OCH3 is 2. The molecule has 1 N–H and O–H groups in total. The highest BCUT2D eigenvalue weighted by molar-refractivity contribution is 7.80. The lowest BCUT2D eigenvalue weighted by Gasteiger charge is -2.36. The van der Waals surface area contributed by atoms with Gasteiger partial charge in [0, 0.05) is 57.1 Å². The molecule has 0 radical (unpaired) electrons. The van der Waals surface area contributed by atoms with Crippen LogP contribution in [0.2, 0.25) is 0 Å². The van der Waals surface area contributed by atoms with Crippen LogP contribution in [0, 0.1) is 13.8 Å². The molecule has 1 aliphatic rings. The third-order valence-electron chi connectivity index (χ3n) is 5.35. The summed E-state index contributed by atoms with van der Waals surface area (Å²) in [5.74, 6) is 1.50. The smallest absolute Gasteiger partial charge is 0.173 e. The molecule has 152 valence electrons. The molecule has 0 unspecified atom stereocenters. The Balaban J connectivity index is 1.58. The summed E-state index contributed by atoms with van der Waals surface area (Å²) in [5, 5.41) is 8.54. The van der Waals surface area contributed by atoms with Crippen LogP contribution in [0.25, 0.3) is 0 Å². The summed E-state index contributed by atoms with van der Waals surface area (Å²) in [5.41, 5.74) is 4.50. The molecule has 3 rings (SSSR count). The van der Waals surface area contributed by atoms with Gasteiger partial charge in [0.2, 0.25) is 0 Å². The Hall–Kier alpha value is -2.32. The first-order valence-corrected chi connectivity index (χ1v) is 9.83. The van der Waals surface area contributed by atoms with Gasteiger partial charge in [-0.05, 0) is 38.2 Å². The second kappa shape index (κ2) is 8.79. The minimum Gasteiger partial charge on any atom is -0.497 e. The molecule has 1 aromatic heterocycles. The topological polar surface area (TPSA) is 54.8 Å². The van der Waals surface area contributed by atoms with Crippen molar-refractivity contribution in [1.82, 2.24) is 19.6 Å². The lowest BCUT2D eigenvalue weighted by atomic mass is 10.1. The maximum atomic E-state index is 5.64. The van der Waals surface area contributed by atoms with Gasteiger partial charge in [-0.2, -0.15) is 5.10 Å². The molecule has 0 saturated carbocycles. The average molecular weight is 404 g/mol. The van der Waals surface area contributed by atoms with Gasteiger partial charge in [-0.25, -0.2) is 0 Å². The van der Waals surface area contributed by atoms with Gasteiger partial charge in [-0.15, -0.1) is 0 Å². The number of aryl methyl sites for hydroxylation is 2. The Bertz CT molecular complexity index is 843. The highest BCUT2D eigenvalue weighted by Crippen LogP contribution is 2.29. The van der Waals surface area contributed by atoms with Gasteiger partial charge in [0.1, 0.15) is 11.5 Å². The number of piperazine rings is 1. The monoisotopic (exact) mass is 403 g/mol. The predicted molar refractivity (Wildman–Crippen MR) is 115 cm³/mol. The summed E-state index contributed by atoms with van der Waals surface area (Å²) in [6.07, 6.45) is 0. The normalized spacial score (nSPS) is 14.8. The first-order chi connectivity index (χ1) is 13.4. The Morgan fingerprint density at radius 1 is 1.14 bits per heavy atom. The zero-order valence-electron chi connectivity index (χ0n) is 17.3. The van der Waals surface area contributed by atoms with Crippen molar-refractivity contribution in [2.24, 2.45) is 7.05 Å².